The van der Waals surface area contributed by atoms with E-state index in [0.717, 1.165) is 12.3 Å². The quantitative estimate of drug-likeness (QED) is 0.538. The van der Waals surface area contributed by atoms with Crippen LogP contribution in [0.2, 0.25) is 0 Å². The summed E-state index contributed by atoms with van der Waals surface area (Å²) in [7, 11) is 0. The molecule has 0 nitrogen and oxygen atoms in total. The average Bonchev–Trinajstić information content (AvgIpc) is 2.03. The fourth-order valence-electron chi connectivity index (χ4n) is 1.91. The minimum absolute atomic E-state index is 0. The first-order valence-electron chi connectivity index (χ1n) is 4.72. The normalized spacial score (nSPS) is 19.4. The SMILES string of the molecule is [CH2]CCCC1CCCCC1.[LiH]. The second-order valence-corrected chi connectivity index (χ2v) is 3.50. The van der Waals surface area contributed by atoms with Gasteiger partial charge in [0.25, 0.3) is 0 Å². The van der Waals surface area contributed by atoms with E-state index in [4.69, 9.17) is 0 Å². The Morgan fingerprint density at radius 3 is 2.27 bits per heavy atom. The standard InChI is InChI=1S/C10H19.Li.H/c1-2-3-7-10-8-5-4-6-9-10;;/h10H,1-9H2;;. The monoisotopic (exact) mass is 147 g/mol. The fourth-order valence-corrected chi connectivity index (χ4v) is 1.91. The molecule has 1 aliphatic rings. The molecule has 1 aliphatic carbocycles. The summed E-state index contributed by atoms with van der Waals surface area (Å²) in [5.74, 6) is 1.07. The molecule has 0 aromatic carbocycles. The summed E-state index contributed by atoms with van der Waals surface area (Å²) in [6, 6.07) is 0. The van der Waals surface area contributed by atoms with Gasteiger partial charge in [-0.1, -0.05) is 58.3 Å². The van der Waals surface area contributed by atoms with E-state index in [1.165, 1.54) is 44.9 Å². The zero-order valence-corrected chi connectivity index (χ0v) is 6.94. The number of rotatable bonds is 3. The van der Waals surface area contributed by atoms with Crippen LogP contribution in [0, 0.1) is 12.8 Å². The van der Waals surface area contributed by atoms with E-state index in [2.05, 4.69) is 6.92 Å². The van der Waals surface area contributed by atoms with Crippen molar-refractivity contribution < 1.29 is 0 Å². The molecular weight excluding hydrogens is 127 g/mol. The molecule has 0 bridgehead atoms. The van der Waals surface area contributed by atoms with Crippen LogP contribution in [0.3, 0.4) is 0 Å². The molecule has 0 atom stereocenters. The summed E-state index contributed by atoms with van der Waals surface area (Å²) in [6.07, 6.45) is 11.4. The van der Waals surface area contributed by atoms with Crippen molar-refractivity contribution in [3.8, 4) is 0 Å². The molecule has 0 unspecified atom stereocenters. The van der Waals surface area contributed by atoms with E-state index in [0.29, 0.717) is 0 Å². The van der Waals surface area contributed by atoms with E-state index >= 15 is 0 Å². The van der Waals surface area contributed by atoms with Crippen molar-refractivity contribution in [2.24, 2.45) is 5.92 Å². The van der Waals surface area contributed by atoms with Gasteiger partial charge in [0.05, 0.1) is 0 Å². The molecule has 0 aromatic rings. The van der Waals surface area contributed by atoms with Crippen molar-refractivity contribution in [3.05, 3.63) is 6.92 Å². The molecule has 1 heteroatoms. The third kappa shape index (κ3) is 4.94. The van der Waals surface area contributed by atoms with E-state index in [1.54, 1.807) is 0 Å². The summed E-state index contributed by atoms with van der Waals surface area (Å²) in [4.78, 5) is 0. The zero-order chi connectivity index (χ0) is 7.23. The summed E-state index contributed by atoms with van der Waals surface area (Å²) in [5, 5.41) is 0. The Labute approximate surface area is 83.3 Å². The van der Waals surface area contributed by atoms with Gasteiger partial charge >= 0.3 is 18.9 Å². The van der Waals surface area contributed by atoms with Crippen molar-refractivity contribution in [2.45, 2.75) is 51.4 Å². The van der Waals surface area contributed by atoms with Crippen molar-refractivity contribution in [1.29, 1.82) is 0 Å². The number of hydrogen-bond donors (Lipinski definition) is 0. The minimum atomic E-state index is 0. The van der Waals surface area contributed by atoms with Crippen LogP contribution in [0.4, 0.5) is 0 Å². The fraction of sp³-hybridized carbons (Fsp3) is 0.900. The molecule has 0 saturated heterocycles. The van der Waals surface area contributed by atoms with Gasteiger partial charge < -0.3 is 0 Å². The van der Waals surface area contributed by atoms with Crippen molar-refractivity contribution in [2.75, 3.05) is 0 Å². The van der Waals surface area contributed by atoms with Crippen LogP contribution in [0.15, 0.2) is 0 Å². The molecule has 0 aromatic heterocycles. The summed E-state index contributed by atoms with van der Waals surface area (Å²) in [5.41, 5.74) is 0. The zero-order valence-electron chi connectivity index (χ0n) is 6.94. The predicted molar refractivity (Wildman–Crippen MR) is 52.9 cm³/mol. The first kappa shape index (κ1) is 11.6. The molecule has 0 aliphatic heterocycles. The molecule has 0 heterocycles. The van der Waals surface area contributed by atoms with Crippen LogP contribution in [0.1, 0.15) is 51.4 Å². The molecule has 1 radical (unpaired) electrons. The number of hydrogen-bond acceptors (Lipinski definition) is 0. The molecular formula is C10H20Li. The van der Waals surface area contributed by atoms with Crippen LogP contribution in [-0.2, 0) is 0 Å². The van der Waals surface area contributed by atoms with Gasteiger partial charge in [0.2, 0.25) is 0 Å². The van der Waals surface area contributed by atoms with Gasteiger partial charge in [0.1, 0.15) is 0 Å². The summed E-state index contributed by atoms with van der Waals surface area (Å²) >= 11 is 0. The van der Waals surface area contributed by atoms with Gasteiger partial charge in [-0.05, 0) is 5.92 Å². The van der Waals surface area contributed by atoms with Gasteiger partial charge in [0.15, 0.2) is 0 Å². The second kappa shape index (κ2) is 7.26. The Morgan fingerprint density at radius 1 is 1.09 bits per heavy atom. The first-order chi connectivity index (χ1) is 4.93. The van der Waals surface area contributed by atoms with Crippen LogP contribution >= 0.6 is 0 Å². The van der Waals surface area contributed by atoms with E-state index in [-0.39, 0.29) is 18.9 Å². The van der Waals surface area contributed by atoms with E-state index in [1.807, 2.05) is 0 Å². The molecule has 0 spiro atoms. The van der Waals surface area contributed by atoms with Crippen LogP contribution in [-0.4, -0.2) is 18.9 Å². The number of unbranched alkanes of at least 4 members (excludes halogenated alkanes) is 1. The van der Waals surface area contributed by atoms with Crippen molar-refractivity contribution in [1.82, 2.24) is 0 Å². The van der Waals surface area contributed by atoms with Gasteiger partial charge in [-0.15, -0.1) is 0 Å². The van der Waals surface area contributed by atoms with Crippen LogP contribution in [0.5, 0.6) is 0 Å². The summed E-state index contributed by atoms with van der Waals surface area (Å²) in [6.45, 7) is 3.87. The van der Waals surface area contributed by atoms with Gasteiger partial charge in [-0.2, -0.15) is 0 Å². The second-order valence-electron chi connectivity index (χ2n) is 3.50. The molecule has 0 amide bonds. The van der Waals surface area contributed by atoms with Crippen LogP contribution in [0.25, 0.3) is 0 Å². The Kier molecular flexibility index (Phi) is 7.65. The van der Waals surface area contributed by atoms with Crippen molar-refractivity contribution in [3.63, 3.8) is 0 Å². The Balaban J connectivity index is 0.000001000. The topological polar surface area (TPSA) is 0 Å². The van der Waals surface area contributed by atoms with Gasteiger partial charge in [-0.3, -0.25) is 0 Å². The molecule has 0 N–H and O–H groups in total. The molecule has 1 rings (SSSR count). The maximum absolute atomic E-state index is 3.87. The molecule has 1 saturated carbocycles. The third-order valence-electron chi connectivity index (χ3n) is 2.59. The van der Waals surface area contributed by atoms with Gasteiger partial charge in [-0.25, -0.2) is 0 Å². The Bertz CT molecular complexity index is 74.9. The molecule has 61 valence electrons. The van der Waals surface area contributed by atoms with E-state index < -0.39 is 0 Å². The van der Waals surface area contributed by atoms with Crippen molar-refractivity contribution >= 4 is 18.9 Å². The molecule has 1 fully saturated rings. The third-order valence-corrected chi connectivity index (χ3v) is 2.59. The van der Waals surface area contributed by atoms with Gasteiger partial charge in [0, 0.05) is 0 Å². The maximum atomic E-state index is 3.87. The molecule has 11 heavy (non-hydrogen) atoms. The van der Waals surface area contributed by atoms with Crippen LogP contribution < -0.4 is 0 Å². The van der Waals surface area contributed by atoms with E-state index in [9.17, 15) is 0 Å². The Hall–Kier alpha value is 0.597. The average molecular weight is 147 g/mol. The Morgan fingerprint density at radius 2 is 1.73 bits per heavy atom. The summed E-state index contributed by atoms with van der Waals surface area (Å²) < 4.78 is 0. The first-order valence-corrected chi connectivity index (χ1v) is 4.72. The predicted octanol–water partition coefficient (Wildman–Crippen LogP) is 2.92.